The summed E-state index contributed by atoms with van der Waals surface area (Å²) in [5.41, 5.74) is 1.46. The average molecular weight is 307 g/mol. The van der Waals surface area contributed by atoms with Gasteiger partial charge in [-0.15, -0.1) is 0 Å². The van der Waals surface area contributed by atoms with E-state index in [-0.39, 0.29) is 11.8 Å². The maximum Gasteiger partial charge on any atom is 0.322 e. The lowest BCUT2D eigenvalue weighted by Gasteiger charge is -2.32. The van der Waals surface area contributed by atoms with Gasteiger partial charge in [-0.05, 0) is 37.5 Å². The van der Waals surface area contributed by atoms with Gasteiger partial charge in [0.25, 0.3) is 0 Å². The number of hydrogen-bond donors (Lipinski definition) is 1. The minimum atomic E-state index is -0.335. The largest absolute Gasteiger partial charge is 0.378 e. The van der Waals surface area contributed by atoms with Crippen LogP contribution in [-0.2, 0) is 4.74 Å². The van der Waals surface area contributed by atoms with Crippen molar-refractivity contribution in [3.05, 3.63) is 24.0 Å². The molecule has 2 aliphatic rings. The Kier molecular flexibility index (Phi) is 4.77. The lowest BCUT2D eigenvalue weighted by Crippen LogP contribution is -2.43. The fraction of sp³-hybridized carbons (Fsp3) is 0.562. The Labute approximate surface area is 130 Å². The van der Waals surface area contributed by atoms with Gasteiger partial charge >= 0.3 is 6.03 Å². The Morgan fingerprint density at radius 3 is 2.55 bits per heavy atom. The molecule has 1 N–H and O–H groups in total. The molecule has 2 aliphatic heterocycles. The number of carbonyl (C=O) groups is 1. The lowest BCUT2D eigenvalue weighted by atomic mass is 10.1. The fourth-order valence-corrected chi connectivity index (χ4v) is 2.98. The number of nitrogens with zero attached hydrogens (tertiary/aromatic N) is 2. The number of carbonyl (C=O) groups excluding carboxylic acids is 1. The molecule has 2 fully saturated rings. The fourth-order valence-electron chi connectivity index (χ4n) is 2.98. The number of piperidine rings is 1. The van der Waals surface area contributed by atoms with Crippen LogP contribution in [0.25, 0.3) is 0 Å². The normalized spacial score (nSPS) is 19.1. The molecule has 1 aromatic carbocycles. The van der Waals surface area contributed by atoms with Crippen molar-refractivity contribution >= 4 is 17.4 Å². The summed E-state index contributed by atoms with van der Waals surface area (Å²) in [6, 6.07) is 4.43. The van der Waals surface area contributed by atoms with Crippen molar-refractivity contribution in [2.45, 2.75) is 19.3 Å². The number of halogens is 1. The van der Waals surface area contributed by atoms with Crippen molar-refractivity contribution in [3.63, 3.8) is 0 Å². The van der Waals surface area contributed by atoms with E-state index in [4.69, 9.17) is 4.74 Å². The molecule has 6 heteroatoms. The van der Waals surface area contributed by atoms with E-state index >= 15 is 0 Å². The van der Waals surface area contributed by atoms with Gasteiger partial charge in [0.05, 0.1) is 24.6 Å². The molecule has 2 saturated heterocycles. The van der Waals surface area contributed by atoms with Gasteiger partial charge in [-0.25, -0.2) is 9.18 Å². The first-order valence-corrected chi connectivity index (χ1v) is 7.92. The summed E-state index contributed by atoms with van der Waals surface area (Å²) in [5, 5.41) is 2.87. The highest BCUT2D eigenvalue weighted by Gasteiger charge is 2.20. The summed E-state index contributed by atoms with van der Waals surface area (Å²) in [6.45, 7) is 4.14. The van der Waals surface area contributed by atoms with Crippen LogP contribution in [-0.4, -0.2) is 50.3 Å². The highest BCUT2D eigenvalue weighted by molar-refractivity contribution is 5.93. The molecule has 0 aliphatic carbocycles. The van der Waals surface area contributed by atoms with Crippen LogP contribution in [0.15, 0.2) is 18.2 Å². The van der Waals surface area contributed by atoms with Crippen LogP contribution in [0.5, 0.6) is 0 Å². The molecule has 120 valence electrons. The number of anilines is 2. The van der Waals surface area contributed by atoms with Crippen LogP contribution in [0.4, 0.5) is 20.6 Å². The lowest BCUT2D eigenvalue weighted by molar-refractivity contribution is 0.0564. The molecule has 2 heterocycles. The number of morpholine rings is 1. The third-order valence-electron chi connectivity index (χ3n) is 4.20. The molecular formula is C16H22FN3O2. The summed E-state index contributed by atoms with van der Waals surface area (Å²) in [4.78, 5) is 16.3. The Bertz CT molecular complexity index is 526. The van der Waals surface area contributed by atoms with Crippen LogP contribution in [0.1, 0.15) is 19.3 Å². The average Bonchev–Trinajstić information content (AvgIpc) is 2.56. The Hall–Kier alpha value is -1.82. The summed E-state index contributed by atoms with van der Waals surface area (Å²) < 4.78 is 18.9. The minimum Gasteiger partial charge on any atom is -0.378 e. The molecule has 3 rings (SSSR count). The van der Waals surface area contributed by atoms with Crippen molar-refractivity contribution in [2.24, 2.45) is 0 Å². The van der Waals surface area contributed by atoms with Crippen LogP contribution in [0.3, 0.4) is 0 Å². The van der Waals surface area contributed by atoms with Crippen molar-refractivity contribution in [1.82, 2.24) is 4.90 Å². The first-order valence-electron chi connectivity index (χ1n) is 7.92. The van der Waals surface area contributed by atoms with Gasteiger partial charge in [0, 0.05) is 26.2 Å². The molecule has 1 aromatic rings. The summed E-state index contributed by atoms with van der Waals surface area (Å²) in [6.07, 6.45) is 3.50. The molecule has 0 atom stereocenters. The van der Waals surface area contributed by atoms with E-state index in [9.17, 15) is 9.18 Å². The van der Waals surface area contributed by atoms with Gasteiger partial charge in [-0.3, -0.25) is 0 Å². The Morgan fingerprint density at radius 2 is 1.82 bits per heavy atom. The number of benzene rings is 1. The second kappa shape index (κ2) is 6.96. The van der Waals surface area contributed by atoms with E-state index in [1.807, 2.05) is 0 Å². The number of rotatable bonds is 2. The molecule has 22 heavy (non-hydrogen) atoms. The first-order chi connectivity index (χ1) is 10.7. The molecule has 0 bridgehead atoms. The van der Waals surface area contributed by atoms with E-state index in [0.717, 1.165) is 31.6 Å². The molecule has 0 radical (unpaired) electrons. The van der Waals surface area contributed by atoms with Gasteiger partial charge in [-0.2, -0.15) is 0 Å². The number of ether oxygens (including phenoxy) is 1. The predicted molar refractivity (Wildman–Crippen MR) is 83.9 cm³/mol. The molecule has 0 spiro atoms. The molecule has 2 amide bonds. The van der Waals surface area contributed by atoms with Gasteiger partial charge in [0.15, 0.2) is 0 Å². The second-order valence-corrected chi connectivity index (χ2v) is 5.74. The van der Waals surface area contributed by atoms with Crippen molar-refractivity contribution in [1.29, 1.82) is 0 Å². The number of urea groups is 1. The zero-order chi connectivity index (χ0) is 15.4. The molecule has 0 aromatic heterocycles. The zero-order valence-electron chi connectivity index (χ0n) is 12.7. The Balaban J connectivity index is 1.76. The first kappa shape index (κ1) is 15.1. The van der Waals surface area contributed by atoms with Crippen molar-refractivity contribution in [3.8, 4) is 0 Å². The topological polar surface area (TPSA) is 44.8 Å². The quantitative estimate of drug-likeness (QED) is 0.913. The van der Waals surface area contributed by atoms with E-state index < -0.39 is 0 Å². The van der Waals surface area contributed by atoms with Gasteiger partial charge in [-0.1, -0.05) is 0 Å². The van der Waals surface area contributed by atoms with Crippen LogP contribution in [0, 0.1) is 5.82 Å². The number of nitrogens with one attached hydrogen (secondary N) is 1. The molecule has 0 saturated carbocycles. The van der Waals surface area contributed by atoms with Gasteiger partial charge in [0.2, 0.25) is 0 Å². The van der Waals surface area contributed by atoms with Crippen LogP contribution < -0.4 is 10.2 Å². The highest BCUT2D eigenvalue weighted by Crippen LogP contribution is 2.29. The number of hydrogen-bond acceptors (Lipinski definition) is 3. The van der Waals surface area contributed by atoms with E-state index in [0.29, 0.717) is 32.0 Å². The summed E-state index contributed by atoms with van der Waals surface area (Å²) >= 11 is 0. The van der Waals surface area contributed by atoms with Gasteiger partial charge < -0.3 is 19.9 Å². The van der Waals surface area contributed by atoms with Crippen LogP contribution >= 0.6 is 0 Å². The summed E-state index contributed by atoms with van der Waals surface area (Å²) in [5.74, 6) is -0.335. The van der Waals surface area contributed by atoms with Crippen molar-refractivity contribution in [2.75, 3.05) is 49.6 Å². The van der Waals surface area contributed by atoms with E-state index in [1.165, 1.54) is 18.6 Å². The molecule has 0 unspecified atom stereocenters. The third kappa shape index (κ3) is 3.50. The predicted octanol–water partition coefficient (Wildman–Crippen LogP) is 2.68. The summed E-state index contributed by atoms with van der Waals surface area (Å²) in [7, 11) is 0. The van der Waals surface area contributed by atoms with E-state index in [1.54, 1.807) is 11.0 Å². The monoisotopic (exact) mass is 307 g/mol. The molecule has 5 nitrogen and oxygen atoms in total. The number of amides is 2. The minimum absolute atomic E-state index is 0.188. The zero-order valence-corrected chi connectivity index (χ0v) is 12.7. The third-order valence-corrected chi connectivity index (χ3v) is 4.20. The standard InChI is InChI=1S/C16H22FN3O2/c17-13-4-5-15(19-6-2-1-3-7-19)14(12-13)18-16(21)20-8-10-22-11-9-20/h4-5,12H,1-3,6-11H2,(H,18,21). The van der Waals surface area contributed by atoms with Crippen molar-refractivity contribution < 1.29 is 13.9 Å². The molecular weight excluding hydrogens is 285 g/mol. The van der Waals surface area contributed by atoms with E-state index in [2.05, 4.69) is 10.2 Å². The maximum absolute atomic E-state index is 13.6. The van der Waals surface area contributed by atoms with Crippen LogP contribution in [0.2, 0.25) is 0 Å². The highest BCUT2D eigenvalue weighted by atomic mass is 19.1. The Morgan fingerprint density at radius 1 is 1.09 bits per heavy atom. The SMILES string of the molecule is O=C(Nc1cc(F)ccc1N1CCCCC1)N1CCOCC1. The maximum atomic E-state index is 13.6. The van der Waals surface area contributed by atoms with Gasteiger partial charge in [0.1, 0.15) is 5.82 Å². The second-order valence-electron chi connectivity index (χ2n) is 5.74. The smallest absolute Gasteiger partial charge is 0.322 e.